The van der Waals surface area contributed by atoms with Gasteiger partial charge in [-0.25, -0.2) is 4.79 Å². The van der Waals surface area contributed by atoms with Gasteiger partial charge in [0, 0.05) is 22.0 Å². The zero-order valence-electron chi connectivity index (χ0n) is 15.5. The molecule has 4 rings (SSSR count). The summed E-state index contributed by atoms with van der Waals surface area (Å²) in [6.07, 6.45) is 4.03. The molecule has 1 aliphatic rings. The van der Waals surface area contributed by atoms with Crippen molar-refractivity contribution in [2.24, 2.45) is 0 Å². The Bertz CT molecular complexity index is 1160. The highest BCUT2D eigenvalue weighted by molar-refractivity contribution is 7.18. The molecular formula is C20H20Cl2N2O3S. The van der Waals surface area contributed by atoms with Gasteiger partial charge in [0.25, 0.3) is 5.56 Å². The summed E-state index contributed by atoms with van der Waals surface area (Å²) in [4.78, 5) is 28.3. The van der Waals surface area contributed by atoms with E-state index in [0.717, 1.165) is 41.6 Å². The van der Waals surface area contributed by atoms with Crippen LogP contribution in [0.4, 0.5) is 0 Å². The van der Waals surface area contributed by atoms with E-state index in [9.17, 15) is 9.59 Å². The van der Waals surface area contributed by atoms with Crippen LogP contribution in [0.2, 0.25) is 10.0 Å². The molecule has 0 fully saturated rings. The number of methoxy groups -OCH3 is 1. The molecule has 0 unspecified atom stereocenters. The SMILES string of the molecule is COCCn1c(=O)c2c3c(sc2n(Cc2ccc(Cl)cc2Cl)c1=O)CCCC3. The highest BCUT2D eigenvalue weighted by Gasteiger charge is 2.23. The van der Waals surface area contributed by atoms with Gasteiger partial charge in [0.1, 0.15) is 4.83 Å². The molecule has 0 aliphatic heterocycles. The van der Waals surface area contributed by atoms with Crippen LogP contribution in [-0.4, -0.2) is 22.9 Å². The average molecular weight is 439 g/mol. The van der Waals surface area contributed by atoms with Gasteiger partial charge in [-0.05, 0) is 48.9 Å². The van der Waals surface area contributed by atoms with Gasteiger partial charge in [-0.15, -0.1) is 11.3 Å². The number of rotatable bonds is 5. The first-order valence-electron chi connectivity index (χ1n) is 9.22. The fourth-order valence-corrected chi connectivity index (χ4v) is 5.60. The minimum absolute atomic E-state index is 0.213. The van der Waals surface area contributed by atoms with E-state index in [4.69, 9.17) is 27.9 Å². The normalized spacial score (nSPS) is 13.8. The molecule has 8 heteroatoms. The van der Waals surface area contributed by atoms with Crippen LogP contribution in [0.3, 0.4) is 0 Å². The molecule has 2 heterocycles. The fourth-order valence-electron chi connectivity index (χ4n) is 3.76. The first-order chi connectivity index (χ1) is 13.5. The van der Waals surface area contributed by atoms with Crippen molar-refractivity contribution in [3.8, 4) is 0 Å². The van der Waals surface area contributed by atoms with Crippen LogP contribution in [0, 0.1) is 0 Å². The molecule has 0 spiro atoms. The van der Waals surface area contributed by atoms with Gasteiger partial charge in [-0.1, -0.05) is 29.3 Å². The average Bonchev–Trinajstić information content (AvgIpc) is 3.06. The van der Waals surface area contributed by atoms with Gasteiger partial charge >= 0.3 is 5.69 Å². The predicted octanol–water partition coefficient (Wildman–Crippen LogP) is 4.11. The van der Waals surface area contributed by atoms with Crippen molar-refractivity contribution in [3.05, 3.63) is 65.1 Å². The second kappa shape index (κ2) is 8.03. The maximum atomic E-state index is 13.2. The quantitative estimate of drug-likeness (QED) is 0.602. The Labute approximate surface area is 176 Å². The second-order valence-corrected chi connectivity index (χ2v) is 8.87. The van der Waals surface area contributed by atoms with E-state index in [1.165, 1.54) is 9.44 Å². The van der Waals surface area contributed by atoms with E-state index < -0.39 is 0 Å². The number of halogens is 2. The molecule has 28 heavy (non-hydrogen) atoms. The highest BCUT2D eigenvalue weighted by atomic mass is 35.5. The summed E-state index contributed by atoms with van der Waals surface area (Å²) in [6.45, 7) is 0.815. The third kappa shape index (κ3) is 3.43. The van der Waals surface area contributed by atoms with Gasteiger partial charge in [0.05, 0.1) is 25.1 Å². The lowest BCUT2D eigenvalue weighted by atomic mass is 9.97. The molecule has 0 atom stereocenters. The van der Waals surface area contributed by atoms with Crippen LogP contribution in [0.5, 0.6) is 0 Å². The summed E-state index contributed by atoms with van der Waals surface area (Å²) in [5.74, 6) is 0. The van der Waals surface area contributed by atoms with Gasteiger partial charge in [0.15, 0.2) is 0 Å². The largest absolute Gasteiger partial charge is 0.383 e. The van der Waals surface area contributed by atoms with Gasteiger partial charge in [0.2, 0.25) is 0 Å². The van der Waals surface area contributed by atoms with Crippen molar-refractivity contribution in [2.45, 2.75) is 38.8 Å². The zero-order valence-corrected chi connectivity index (χ0v) is 17.8. The van der Waals surface area contributed by atoms with Gasteiger partial charge in [-0.3, -0.25) is 13.9 Å². The summed E-state index contributed by atoms with van der Waals surface area (Å²) >= 11 is 13.9. The maximum absolute atomic E-state index is 13.2. The Kier molecular flexibility index (Phi) is 5.65. The number of nitrogens with zero attached hydrogens (tertiary/aromatic N) is 2. The molecule has 0 saturated heterocycles. The number of hydrogen-bond donors (Lipinski definition) is 0. The number of thiophene rings is 1. The summed E-state index contributed by atoms with van der Waals surface area (Å²) in [5, 5.41) is 1.73. The van der Waals surface area contributed by atoms with E-state index in [1.807, 2.05) is 6.07 Å². The lowest BCUT2D eigenvalue weighted by Crippen LogP contribution is -2.41. The van der Waals surface area contributed by atoms with Crippen molar-refractivity contribution in [1.82, 2.24) is 9.13 Å². The first-order valence-corrected chi connectivity index (χ1v) is 10.8. The number of ether oxygens (including phenoxy) is 1. The summed E-state index contributed by atoms with van der Waals surface area (Å²) < 4.78 is 8.07. The van der Waals surface area contributed by atoms with E-state index in [-0.39, 0.29) is 24.3 Å². The molecule has 5 nitrogen and oxygen atoms in total. The van der Waals surface area contributed by atoms with Crippen LogP contribution in [0.25, 0.3) is 10.2 Å². The Balaban J connectivity index is 1.96. The highest BCUT2D eigenvalue weighted by Crippen LogP contribution is 2.34. The van der Waals surface area contributed by atoms with Gasteiger partial charge < -0.3 is 4.74 Å². The number of fused-ring (bicyclic) bond motifs is 3. The second-order valence-electron chi connectivity index (χ2n) is 6.95. The topological polar surface area (TPSA) is 53.2 Å². The van der Waals surface area contributed by atoms with Crippen LogP contribution >= 0.6 is 34.5 Å². The van der Waals surface area contributed by atoms with Gasteiger partial charge in [-0.2, -0.15) is 0 Å². The molecule has 0 N–H and O–H groups in total. The number of hydrogen-bond acceptors (Lipinski definition) is 4. The molecule has 148 valence electrons. The van der Waals surface area contributed by atoms with Crippen molar-refractivity contribution in [1.29, 1.82) is 0 Å². The Morgan fingerprint density at radius 3 is 2.68 bits per heavy atom. The molecule has 0 bridgehead atoms. The lowest BCUT2D eigenvalue weighted by Gasteiger charge is -2.14. The predicted molar refractivity (Wildman–Crippen MR) is 114 cm³/mol. The standard InChI is InChI=1S/C20H20Cl2N2O3S/c1-27-9-8-23-18(25)17-14-4-2-3-5-16(14)28-19(17)24(20(23)26)11-12-6-7-13(21)10-15(12)22/h6-7,10H,2-5,8-9,11H2,1H3. The Hall–Kier alpha value is -1.60. The van der Waals surface area contributed by atoms with Crippen LogP contribution in [-0.2, 0) is 30.7 Å². The molecule has 0 saturated carbocycles. The van der Waals surface area contributed by atoms with Crippen molar-refractivity contribution < 1.29 is 4.74 Å². The van der Waals surface area contributed by atoms with Crippen molar-refractivity contribution in [3.63, 3.8) is 0 Å². The summed E-state index contributed by atoms with van der Waals surface area (Å²) in [7, 11) is 1.56. The third-order valence-electron chi connectivity index (χ3n) is 5.18. The molecule has 1 aromatic carbocycles. The van der Waals surface area contributed by atoms with E-state index in [2.05, 4.69) is 0 Å². The fraction of sp³-hybridized carbons (Fsp3) is 0.400. The first kappa shape index (κ1) is 19.7. The van der Waals surface area contributed by atoms with E-state index in [0.29, 0.717) is 22.0 Å². The van der Waals surface area contributed by atoms with Crippen LogP contribution in [0.15, 0.2) is 27.8 Å². The minimum atomic E-state index is -0.334. The molecule has 1 aliphatic carbocycles. The summed E-state index contributed by atoms with van der Waals surface area (Å²) in [6, 6.07) is 5.24. The molecule has 0 amide bonds. The Morgan fingerprint density at radius 1 is 1.14 bits per heavy atom. The van der Waals surface area contributed by atoms with E-state index in [1.54, 1.807) is 35.1 Å². The maximum Gasteiger partial charge on any atom is 0.332 e. The third-order valence-corrected chi connectivity index (χ3v) is 7.08. The monoisotopic (exact) mass is 438 g/mol. The zero-order chi connectivity index (χ0) is 19.8. The van der Waals surface area contributed by atoms with Crippen LogP contribution < -0.4 is 11.2 Å². The molecule has 2 aromatic heterocycles. The smallest absolute Gasteiger partial charge is 0.332 e. The van der Waals surface area contributed by atoms with Crippen molar-refractivity contribution in [2.75, 3.05) is 13.7 Å². The van der Waals surface area contributed by atoms with Crippen LogP contribution in [0.1, 0.15) is 28.8 Å². The minimum Gasteiger partial charge on any atom is -0.383 e. The number of benzene rings is 1. The molecule has 0 radical (unpaired) electrons. The lowest BCUT2D eigenvalue weighted by molar-refractivity contribution is 0.184. The molecule has 3 aromatic rings. The number of aryl methyl sites for hydroxylation is 2. The van der Waals surface area contributed by atoms with E-state index >= 15 is 0 Å². The van der Waals surface area contributed by atoms with Crippen molar-refractivity contribution >= 4 is 44.8 Å². The number of aromatic nitrogens is 2. The molecular weight excluding hydrogens is 419 g/mol. The Morgan fingerprint density at radius 2 is 1.93 bits per heavy atom. The summed E-state index contributed by atoms with van der Waals surface area (Å²) in [5.41, 5.74) is 1.35.